The largest absolute Gasteiger partial charge is 0.301 e. The van der Waals surface area contributed by atoms with Crippen LogP contribution in [0.25, 0.3) is 0 Å². The first-order chi connectivity index (χ1) is 20.7. The molecule has 0 aromatic heterocycles. The number of imide groups is 1. The molecule has 43 heavy (non-hydrogen) atoms. The fraction of sp³-hybridized carbons (Fsp3) is 0.129. The molecular weight excluding hydrogens is 618 g/mol. The molecule has 0 radical (unpaired) electrons. The number of halogens is 1. The Bertz CT molecular complexity index is 1860. The lowest BCUT2D eigenvalue weighted by molar-refractivity contribution is -0.393. The summed E-state index contributed by atoms with van der Waals surface area (Å²) in [6.07, 6.45) is 1.55. The number of hydrogen-bond donors (Lipinski definition) is 1. The number of non-ortho nitro benzene ring substituents is 1. The van der Waals surface area contributed by atoms with Crippen molar-refractivity contribution in [3.63, 3.8) is 0 Å². The lowest BCUT2D eigenvalue weighted by Crippen LogP contribution is -2.54. The van der Waals surface area contributed by atoms with Gasteiger partial charge in [-0.3, -0.25) is 35.2 Å². The number of carbonyl (C=O) groups is 2. The molecule has 2 bridgehead atoms. The van der Waals surface area contributed by atoms with Crippen molar-refractivity contribution in [2.75, 3.05) is 10.3 Å². The van der Waals surface area contributed by atoms with Crippen molar-refractivity contribution in [1.82, 2.24) is 0 Å². The number of hydrazone groups is 1. The van der Waals surface area contributed by atoms with Crippen molar-refractivity contribution < 1.29 is 19.4 Å². The van der Waals surface area contributed by atoms with Crippen molar-refractivity contribution in [2.24, 2.45) is 16.9 Å². The summed E-state index contributed by atoms with van der Waals surface area (Å²) in [5.74, 6) is -2.56. The van der Waals surface area contributed by atoms with Crippen LogP contribution in [0.4, 0.5) is 22.7 Å². The molecule has 1 saturated heterocycles. The second kappa shape index (κ2) is 9.66. The standard InChI is InChI=1S/C31H20BrN5O6/c32-17-9-11-18(12-10-17)35-29(38)27-26-20-5-1-3-7-22(20)31(28(27)30(35)39,23-8-4-2-6-21(23)26)16-33-34-24-14-13-19(36(40)41)15-25(24)37(42)43/h1-16,26-28,34H/b33-16-/t26?,27-,28-,31?/m1/s1. The zero-order valence-corrected chi connectivity index (χ0v) is 23.7. The molecule has 4 aliphatic rings. The first-order valence-electron chi connectivity index (χ1n) is 13.3. The van der Waals surface area contributed by atoms with Crippen molar-refractivity contribution in [2.45, 2.75) is 11.3 Å². The minimum Gasteiger partial charge on any atom is -0.274 e. The quantitative estimate of drug-likeness (QED) is 0.119. The SMILES string of the molecule is O=C1[C@@H]2C3c4ccccc4C(/C=N\Nc4ccc([N+](=O)[O-])cc4[N+](=O)[O-])(c4ccccc43)[C@H]2C(=O)N1c1ccc(Br)cc1. The molecule has 2 amide bonds. The Labute approximate surface area is 252 Å². The Kier molecular flexibility index (Phi) is 5.99. The summed E-state index contributed by atoms with van der Waals surface area (Å²) in [6.45, 7) is 0. The van der Waals surface area contributed by atoms with Gasteiger partial charge in [-0.05, 0) is 52.6 Å². The molecule has 1 heterocycles. The Hall–Kier alpha value is -5.23. The number of nitrogens with one attached hydrogen (secondary N) is 1. The van der Waals surface area contributed by atoms with Gasteiger partial charge in [0.15, 0.2) is 0 Å². The molecule has 212 valence electrons. The first-order valence-corrected chi connectivity index (χ1v) is 14.1. The number of hydrogen-bond acceptors (Lipinski definition) is 8. The number of benzene rings is 4. The van der Waals surface area contributed by atoms with Gasteiger partial charge in [-0.1, -0.05) is 64.5 Å². The van der Waals surface area contributed by atoms with Gasteiger partial charge >= 0.3 is 5.69 Å². The number of carbonyl (C=O) groups excluding carboxylic acids is 2. The highest BCUT2D eigenvalue weighted by Gasteiger charge is 2.68. The van der Waals surface area contributed by atoms with E-state index in [1.54, 1.807) is 30.5 Å². The maximum absolute atomic E-state index is 14.4. The third kappa shape index (κ3) is 3.76. The summed E-state index contributed by atoms with van der Waals surface area (Å²) in [5.41, 5.74) is 4.42. The number of nitrogens with zero attached hydrogens (tertiary/aromatic N) is 4. The van der Waals surface area contributed by atoms with Crippen LogP contribution >= 0.6 is 15.9 Å². The van der Waals surface area contributed by atoms with Gasteiger partial charge in [0.1, 0.15) is 5.69 Å². The molecule has 0 unspecified atom stereocenters. The summed E-state index contributed by atoms with van der Waals surface area (Å²) in [7, 11) is 0. The number of anilines is 2. The van der Waals surface area contributed by atoms with E-state index in [-0.39, 0.29) is 23.4 Å². The molecule has 4 aromatic rings. The van der Waals surface area contributed by atoms with Gasteiger partial charge in [0.2, 0.25) is 11.8 Å². The third-order valence-electron chi connectivity index (χ3n) is 8.61. The zero-order chi connectivity index (χ0) is 30.0. The van der Waals surface area contributed by atoms with E-state index in [0.717, 1.165) is 38.9 Å². The van der Waals surface area contributed by atoms with E-state index in [9.17, 15) is 29.8 Å². The van der Waals surface area contributed by atoms with Crippen LogP contribution in [0.1, 0.15) is 28.2 Å². The van der Waals surface area contributed by atoms with Crippen LogP contribution in [0.15, 0.2) is 101 Å². The number of rotatable bonds is 6. The van der Waals surface area contributed by atoms with Crippen LogP contribution in [-0.4, -0.2) is 27.9 Å². The summed E-state index contributed by atoms with van der Waals surface area (Å²) < 4.78 is 0.808. The topological polar surface area (TPSA) is 148 Å². The lowest BCUT2D eigenvalue weighted by Gasteiger charge is -2.52. The number of amides is 2. The van der Waals surface area contributed by atoms with E-state index >= 15 is 0 Å². The van der Waals surface area contributed by atoms with Crippen molar-refractivity contribution >= 4 is 56.7 Å². The second-order valence-electron chi connectivity index (χ2n) is 10.6. The van der Waals surface area contributed by atoms with Gasteiger partial charge < -0.3 is 0 Å². The molecule has 3 aliphatic carbocycles. The fourth-order valence-electron chi connectivity index (χ4n) is 6.98. The van der Waals surface area contributed by atoms with Crippen LogP contribution < -0.4 is 10.3 Å². The monoisotopic (exact) mass is 637 g/mol. The Morgan fingerprint density at radius 1 is 0.837 bits per heavy atom. The molecule has 12 heteroatoms. The fourth-order valence-corrected chi connectivity index (χ4v) is 7.24. The van der Waals surface area contributed by atoms with E-state index in [2.05, 4.69) is 26.5 Å². The van der Waals surface area contributed by atoms with Crippen LogP contribution in [-0.2, 0) is 15.0 Å². The molecule has 0 saturated carbocycles. The minimum atomic E-state index is -1.19. The van der Waals surface area contributed by atoms with E-state index in [0.29, 0.717) is 5.69 Å². The highest BCUT2D eigenvalue weighted by atomic mass is 79.9. The van der Waals surface area contributed by atoms with E-state index in [1.807, 2.05) is 48.5 Å². The molecule has 8 rings (SSSR count). The van der Waals surface area contributed by atoms with Gasteiger partial charge in [-0.25, -0.2) is 4.90 Å². The summed E-state index contributed by atoms with van der Waals surface area (Å²) in [5, 5.41) is 27.4. The van der Waals surface area contributed by atoms with E-state index < -0.39 is 38.5 Å². The molecule has 1 aliphatic heterocycles. The van der Waals surface area contributed by atoms with Crippen LogP contribution in [0.3, 0.4) is 0 Å². The molecule has 0 spiro atoms. The normalized spacial score (nSPS) is 23.2. The molecule has 1 fully saturated rings. The average Bonchev–Trinajstić information content (AvgIpc) is 3.28. The van der Waals surface area contributed by atoms with E-state index in [1.165, 1.54) is 11.0 Å². The lowest BCUT2D eigenvalue weighted by atomic mass is 9.47. The van der Waals surface area contributed by atoms with Gasteiger partial charge in [0.05, 0.1) is 38.9 Å². The molecule has 2 atom stereocenters. The maximum Gasteiger partial charge on any atom is 0.301 e. The van der Waals surface area contributed by atoms with Crippen LogP contribution in [0, 0.1) is 32.1 Å². The van der Waals surface area contributed by atoms with Gasteiger partial charge in [-0.2, -0.15) is 5.10 Å². The van der Waals surface area contributed by atoms with Crippen LogP contribution in [0.5, 0.6) is 0 Å². The molecule has 1 N–H and O–H groups in total. The van der Waals surface area contributed by atoms with Crippen molar-refractivity contribution in [3.05, 3.63) is 138 Å². The van der Waals surface area contributed by atoms with Crippen molar-refractivity contribution in [1.29, 1.82) is 0 Å². The minimum absolute atomic E-state index is 0.0591. The summed E-state index contributed by atoms with van der Waals surface area (Å²) in [4.78, 5) is 51.3. The molecular formula is C31H20BrN5O6. The summed E-state index contributed by atoms with van der Waals surface area (Å²) in [6, 6.07) is 25.5. The highest BCUT2D eigenvalue weighted by Crippen LogP contribution is 2.63. The Balaban J connectivity index is 1.41. The van der Waals surface area contributed by atoms with Gasteiger partial charge in [-0.15, -0.1) is 0 Å². The summed E-state index contributed by atoms with van der Waals surface area (Å²) >= 11 is 3.41. The van der Waals surface area contributed by atoms with Crippen LogP contribution in [0.2, 0.25) is 0 Å². The first kappa shape index (κ1) is 26.7. The van der Waals surface area contributed by atoms with Gasteiger partial charge in [0, 0.05) is 22.7 Å². The molecule has 11 nitrogen and oxygen atoms in total. The van der Waals surface area contributed by atoms with Crippen molar-refractivity contribution in [3.8, 4) is 0 Å². The predicted octanol–water partition coefficient (Wildman–Crippen LogP) is 5.91. The number of nitro groups is 2. The third-order valence-corrected chi connectivity index (χ3v) is 9.14. The smallest absolute Gasteiger partial charge is 0.274 e. The molecule has 4 aromatic carbocycles. The average molecular weight is 638 g/mol. The number of nitro benzene ring substituents is 2. The maximum atomic E-state index is 14.4. The second-order valence-corrected chi connectivity index (χ2v) is 11.5. The van der Waals surface area contributed by atoms with Gasteiger partial charge in [0.25, 0.3) is 5.69 Å². The van der Waals surface area contributed by atoms with E-state index in [4.69, 9.17) is 0 Å². The predicted molar refractivity (Wildman–Crippen MR) is 161 cm³/mol. The Morgan fingerprint density at radius 2 is 1.47 bits per heavy atom. The highest BCUT2D eigenvalue weighted by molar-refractivity contribution is 9.10. The zero-order valence-electron chi connectivity index (χ0n) is 22.1. The Morgan fingerprint density at radius 3 is 2.07 bits per heavy atom.